The minimum atomic E-state index is -5.16. The number of halogens is 4. The molecular formula is C21H17F4N3O5. The highest BCUT2D eigenvalue weighted by Gasteiger charge is 2.62. The zero-order valence-electron chi connectivity index (χ0n) is 16.8. The van der Waals surface area contributed by atoms with Crippen LogP contribution < -0.4 is 15.5 Å². The molecule has 2 heterocycles. The van der Waals surface area contributed by atoms with Gasteiger partial charge in [0.15, 0.2) is 0 Å². The number of nitrogens with one attached hydrogen (secondary N) is 2. The van der Waals surface area contributed by atoms with Crippen molar-refractivity contribution in [2.75, 3.05) is 23.3 Å². The monoisotopic (exact) mass is 467 g/mol. The predicted molar refractivity (Wildman–Crippen MR) is 106 cm³/mol. The number of amides is 3. The number of carbonyl (C=O) groups is 3. The summed E-state index contributed by atoms with van der Waals surface area (Å²) in [6.07, 6.45) is -7.69. The normalized spacial score (nSPS) is 22.5. The Bertz CT molecular complexity index is 1120. The van der Waals surface area contributed by atoms with Crippen LogP contribution in [0.25, 0.3) is 0 Å². The summed E-state index contributed by atoms with van der Waals surface area (Å²) >= 11 is 0. The van der Waals surface area contributed by atoms with Gasteiger partial charge in [0.2, 0.25) is 0 Å². The first-order valence-electron chi connectivity index (χ1n) is 9.76. The average molecular weight is 467 g/mol. The van der Waals surface area contributed by atoms with E-state index in [2.05, 4.69) is 10.6 Å². The molecule has 2 aromatic carbocycles. The third kappa shape index (κ3) is 3.97. The summed E-state index contributed by atoms with van der Waals surface area (Å²) in [6, 6.07) is 7.68. The summed E-state index contributed by atoms with van der Waals surface area (Å²) in [5, 5.41) is 14.0. The molecule has 0 saturated carbocycles. The van der Waals surface area contributed by atoms with E-state index in [1.54, 1.807) is 0 Å². The second-order valence-corrected chi connectivity index (χ2v) is 7.55. The van der Waals surface area contributed by atoms with Crippen LogP contribution in [0.5, 0.6) is 0 Å². The van der Waals surface area contributed by atoms with Crippen LogP contribution >= 0.6 is 0 Å². The fourth-order valence-corrected chi connectivity index (χ4v) is 3.76. The number of ether oxygens (including phenoxy) is 1. The molecule has 2 aliphatic heterocycles. The lowest BCUT2D eigenvalue weighted by molar-refractivity contribution is -0.261. The van der Waals surface area contributed by atoms with Gasteiger partial charge in [-0.1, -0.05) is 0 Å². The van der Waals surface area contributed by atoms with E-state index in [-0.39, 0.29) is 29.9 Å². The highest BCUT2D eigenvalue weighted by Crippen LogP contribution is 2.48. The van der Waals surface area contributed by atoms with Crippen LogP contribution in [0.15, 0.2) is 42.5 Å². The minimum Gasteiger partial charge on any atom is -0.426 e. The number of cyclic esters (lactones) is 1. The Hall–Kier alpha value is -3.67. The number of fused-ring (bicyclic) bond motifs is 1. The smallest absolute Gasteiger partial charge is 0.426 e. The summed E-state index contributed by atoms with van der Waals surface area (Å²) in [5.74, 6) is -2.24. The first kappa shape index (κ1) is 22.5. The van der Waals surface area contributed by atoms with E-state index in [0.717, 1.165) is 35.2 Å². The maximum absolute atomic E-state index is 14.4. The van der Waals surface area contributed by atoms with Crippen molar-refractivity contribution in [1.29, 1.82) is 0 Å². The Morgan fingerprint density at radius 1 is 1.21 bits per heavy atom. The molecule has 0 radical (unpaired) electrons. The van der Waals surface area contributed by atoms with Gasteiger partial charge in [0, 0.05) is 29.8 Å². The maximum atomic E-state index is 14.4. The topological polar surface area (TPSA) is 108 Å². The van der Waals surface area contributed by atoms with Gasteiger partial charge in [0.1, 0.15) is 11.9 Å². The molecule has 1 unspecified atom stereocenters. The third-order valence-corrected chi connectivity index (χ3v) is 5.49. The summed E-state index contributed by atoms with van der Waals surface area (Å²) < 4.78 is 60.9. The van der Waals surface area contributed by atoms with E-state index in [1.165, 1.54) is 12.1 Å². The number of anilines is 2. The van der Waals surface area contributed by atoms with Crippen LogP contribution in [-0.4, -0.2) is 48.4 Å². The second-order valence-electron chi connectivity index (χ2n) is 7.55. The van der Waals surface area contributed by atoms with E-state index in [9.17, 15) is 37.1 Å². The van der Waals surface area contributed by atoms with Gasteiger partial charge in [0.25, 0.3) is 17.4 Å². The number of alkyl halides is 3. The van der Waals surface area contributed by atoms with E-state index >= 15 is 0 Å². The van der Waals surface area contributed by atoms with Crippen molar-refractivity contribution in [3.63, 3.8) is 0 Å². The van der Waals surface area contributed by atoms with Crippen LogP contribution in [0, 0.1) is 5.82 Å². The molecule has 3 amide bonds. The molecule has 33 heavy (non-hydrogen) atoms. The molecule has 1 saturated heterocycles. The lowest BCUT2D eigenvalue weighted by Crippen LogP contribution is -2.56. The number of carbonyl (C=O) groups excluding carboxylic acids is 3. The van der Waals surface area contributed by atoms with Gasteiger partial charge in [-0.25, -0.2) is 9.18 Å². The number of nitrogens with zero attached hydrogens (tertiary/aromatic N) is 1. The van der Waals surface area contributed by atoms with Gasteiger partial charge in [0.05, 0.1) is 12.2 Å². The molecule has 3 N–H and O–H groups in total. The Morgan fingerprint density at radius 3 is 2.52 bits per heavy atom. The number of rotatable bonds is 4. The van der Waals surface area contributed by atoms with Gasteiger partial charge >= 0.3 is 12.3 Å². The van der Waals surface area contributed by atoms with Crippen LogP contribution in [-0.2, 0) is 15.1 Å². The van der Waals surface area contributed by atoms with Crippen molar-refractivity contribution < 1.29 is 41.8 Å². The van der Waals surface area contributed by atoms with E-state index in [1.807, 2.05) is 0 Å². The molecular weight excluding hydrogens is 450 g/mol. The quantitative estimate of drug-likeness (QED) is 0.600. The lowest BCUT2D eigenvalue weighted by atomic mass is 9.89. The predicted octanol–water partition coefficient (Wildman–Crippen LogP) is 2.67. The van der Waals surface area contributed by atoms with Crippen molar-refractivity contribution in [2.45, 2.75) is 24.3 Å². The number of benzene rings is 2. The largest absolute Gasteiger partial charge is 0.434 e. The van der Waals surface area contributed by atoms with Gasteiger partial charge in [-0.15, -0.1) is 0 Å². The molecule has 8 nitrogen and oxygen atoms in total. The molecule has 1 fully saturated rings. The average Bonchev–Trinajstić information content (AvgIpc) is 3.09. The van der Waals surface area contributed by atoms with Crippen LogP contribution in [0.2, 0.25) is 0 Å². The zero-order chi connectivity index (χ0) is 24.0. The molecule has 12 heteroatoms. The fraction of sp³-hybridized carbons (Fsp3) is 0.286. The Morgan fingerprint density at radius 2 is 1.91 bits per heavy atom. The lowest BCUT2D eigenvalue weighted by Gasteiger charge is -2.40. The Kier molecular flexibility index (Phi) is 5.48. The van der Waals surface area contributed by atoms with E-state index < -0.39 is 53.7 Å². The Labute approximate surface area is 184 Å². The van der Waals surface area contributed by atoms with E-state index in [4.69, 9.17) is 4.74 Å². The van der Waals surface area contributed by atoms with Crippen LogP contribution in [0.3, 0.4) is 0 Å². The highest BCUT2D eigenvalue weighted by molar-refractivity contribution is 5.99. The minimum absolute atomic E-state index is 0.0635. The number of hydrogen-bond acceptors (Lipinski definition) is 5. The highest BCUT2D eigenvalue weighted by atomic mass is 19.4. The molecule has 2 aromatic rings. The second kappa shape index (κ2) is 8.03. The van der Waals surface area contributed by atoms with Gasteiger partial charge in [-0.2, -0.15) is 13.2 Å². The van der Waals surface area contributed by atoms with Gasteiger partial charge in [-0.3, -0.25) is 14.9 Å². The molecule has 4 rings (SSSR count). The Balaban J connectivity index is 1.72. The molecule has 2 atom stereocenters. The first-order valence-corrected chi connectivity index (χ1v) is 9.76. The summed E-state index contributed by atoms with van der Waals surface area (Å²) in [4.78, 5) is 37.6. The van der Waals surface area contributed by atoms with Crippen LogP contribution in [0.4, 0.5) is 33.7 Å². The SMILES string of the molecule is O=C1Nc2ccc(N3CC[C@H](O)C3=O)cc2C(CNC(=O)c2ccc(F)cc2)(C(F)(F)F)O1. The van der Waals surface area contributed by atoms with Crippen molar-refractivity contribution >= 4 is 29.3 Å². The van der Waals surface area contributed by atoms with Crippen molar-refractivity contribution in [2.24, 2.45) is 0 Å². The van der Waals surface area contributed by atoms with Crippen molar-refractivity contribution in [3.8, 4) is 0 Å². The maximum Gasteiger partial charge on any atom is 0.434 e. The van der Waals surface area contributed by atoms with Crippen LogP contribution in [0.1, 0.15) is 22.3 Å². The van der Waals surface area contributed by atoms with Crippen molar-refractivity contribution in [1.82, 2.24) is 5.32 Å². The summed E-state index contributed by atoms with van der Waals surface area (Å²) in [7, 11) is 0. The first-order chi connectivity index (χ1) is 15.5. The number of hydrogen-bond donors (Lipinski definition) is 3. The molecule has 174 valence electrons. The molecule has 2 aliphatic rings. The third-order valence-electron chi connectivity index (χ3n) is 5.49. The van der Waals surface area contributed by atoms with Crippen molar-refractivity contribution in [3.05, 3.63) is 59.4 Å². The fourth-order valence-electron chi connectivity index (χ4n) is 3.76. The van der Waals surface area contributed by atoms with Gasteiger partial charge < -0.3 is 20.1 Å². The van der Waals surface area contributed by atoms with E-state index in [0.29, 0.717) is 0 Å². The molecule has 0 aromatic heterocycles. The summed E-state index contributed by atoms with van der Waals surface area (Å²) in [6.45, 7) is -1.08. The molecule has 0 bridgehead atoms. The number of aliphatic hydroxyl groups excluding tert-OH is 1. The van der Waals surface area contributed by atoms with Gasteiger partial charge in [-0.05, 0) is 42.5 Å². The molecule has 0 aliphatic carbocycles. The zero-order valence-corrected chi connectivity index (χ0v) is 16.8. The number of aliphatic hydroxyl groups is 1. The molecule has 0 spiro atoms. The summed E-state index contributed by atoms with van der Waals surface area (Å²) in [5.41, 5.74) is -4.04. The standard InChI is InChI=1S/C21H17F4N3O5/c22-12-3-1-11(2-4-12)17(30)26-10-20(21(23,24)25)14-9-13(28-8-7-16(29)18(28)31)5-6-15(14)27-19(32)33-20/h1-6,9,16,29H,7-8,10H2,(H,26,30)(H,27,32)/t16-,20?/m0/s1.